The second kappa shape index (κ2) is 11.7. The molecule has 4 rings (SSSR count). The van der Waals surface area contributed by atoms with Crippen molar-refractivity contribution in [3.05, 3.63) is 59.4 Å². The fraction of sp³-hybridized carbons (Fsp3) is 0.480. The zero-order valence-corrected chi connectivity index (χ0v) is 21.7. The van der Waals surface area contributed by atoms with Crippen LogP contribution in [0.2, 0.25) is 0 Å². The Morgan fingerprint density at radius 1 is 1.00 bits per heavy atom. The van der Waals surface area contributed by atoms with Crippen molar-refractivity contribution in [3.8, 4) is 11.4 Å². The molecule has 0 spiro atoms. The van der Waals surface area contributed by atoms with Crippen LogP contribution in [0.1, 0.15) is 39.0 Å². The molecule has 10 nitrogen and oxygen atoms in total. The minimum absolute atomic E-state index is 0.0395. The molecule has 1 aliphatic rings. The Morgan fingerprint density at radius 3 is 2.39 bits per heavy atom. The second-order valence-electron chi connectivity index (χ2n) is 8.94. The molecule has 194 valence electrons. The van der Waals surface area contributed by atoms with Crippen LogP contribution in [0.25, 0.3) is 5.69 Å². The van der Waals surface area contributed by atoms with E-state index in [9.17, 15) is 13.2 Å². The number of piperazine rings is 1. The van der Waals surface area contributed by atoms with E-state index in [1.54, 1.807) is 17.8 Å². The first-order valence-corrected chi connectivity index (χ1v) is 13.9. The number of imidazole rings is 1. The summed E-state index contributed by atoms with van der Waals surface area (Å²) in [6, 6.07) is 9.24. The normalized spacial score (nSPS) is 14.8. The van der Waals surface area contributed by atoms with Crippen molar-refractivity contribution in [2.75, 3.05) is 37.7 Å². The molecular weight excluding hydrogens is 480 g/mol. The van der Waals surface area contributed by atoms with Crippen LogP contribution in [-0.4, -0.2) is 64.8 Å². The van der Waals surface area contributed by atoms with Gasteiger partial charge in [0.25, 0.3) is 10.0 Å². The van der Waals surface area contributed by atoms with Gasteiger partial charge in [0.05, 0.1) is 24.8 Å². The molecule has 1 aromatic carbocycles. The summed E-state index contributed by atoms with van der Waals surface area (Å²) in [6.45, 7) is 3.99. The number of aryl methyl sites for hydroxylation is 1. The monoisotopic (exact) mass is 514 g/mol. The number of aromatic nitrogens is 4. The van der Waals surface area contributed by atoms with Crippen molar-refractivity contribution < 1.29 is 13.2 Å². The number of ether oxygens (including phenoxy) is 1. The van der Waals surface area contributed by atoms with Crippen molar-refractivity contribution in [1.29, 1.82) is 0 Å². The lowest BCUT2D eigenvalue weighted by atomic mass is 10.2. The van der Waals surface area contributed by atoms with Crippen LogP contribution in [0.5, 0.6) is 5.75 Å². The molecule has 1 aliphatic heterocycles. The molecule has 1 fully saturated rings. The van der Waals surface area contributed by atoms with Crippen LogP contribution in [0.4, 0.5) is 5.69 Å². The highest BCUT2D eigenvalue weighted by molar-refractivity contribution is 7.89. The molecule has 1 saturated heterocycles. The highest BCUT2D eigenvalue weighted by Crippen LogP contribution is 2.27. The molecule has 0 amide bonds. The SMILES string of the molecule is CCCCCCCOc1c(N2CCN(S(=O)(=O)c3cn(C)cn3)CC2)cnn(-c2ccccc2)c1=O. The van der Waals surface area contributed by atoms with E-state index in [0.717, 1.165) is 19.3 Å². The van der Waals surface area contributed by atoms with Gasteiger partial charge < -0.3 is 14.2 Å². The minimum atomic E-state index is -3.67. The minimum Gasteiger partial charge on any atom is -0.486 e. The molecule has 0 bridgehead atoms. The Balaban J connectivity index is 1.53. The summed E-state index contributed by atoms with van der Waals surface area (Å²) in [7, 11) is -1.94. The van der Waals surface area contributed by atoms with Crippen molar-refractivity contribution in [2.45, 2.75) is 44.1 Å². The van der Waals surface area contributed by atoms with E-state index in [-0.39, 0.29) is 29.4 Å². The first-order chi connectivity index (χ1) is 17.4. The maximum Gasteiger partial charge on any atom is 0.316 e. The van der Waals surface area contributed by atoms with E-state index >= 15 is 0 Å². The van der Waals surface area contributed by atoms with Gasteiger partial charge in [-0.15, -0.1) is 0 Å². The molecule has 0 saturated carbocycles. The van der Waals surface area contributed by atoms with E-state index < -0.39 is 10.0 Å². The van der Waals surface area contributed by atoms with Crippen molar-refractivity contribution >= 4 is 15.7 Å². The Morgan fingerprint density at radius 2 is 1.72 bits per heavy atom. The third-order valence-corrected chi connectivity index (χ3v) is 8.06. The van der Waals surface area contributed by atoms with Gasteiger partial charge >= 0.3 is 5.56 Å². The first kappa shape index (κ1) is 25.9. The van der Waals surface area contributed by atoms with Gasteiger partial charge in [0, 0.05) is 39.4 Å². The Labute approximate surface area is 212 Å². The highest BCUT2D eigenvalue weighted by atomic mass is 32.2. The van der Waals surface area contributed by atoms with Crippen molar-refractivity contribution in [3.63, 3.8) is 0 Å². The number of anilines is 1. The molecule has 11 heteroatoms. The lowest BCUT2D eigenvalue weighted by Crippen LogP contribution is -2.49. The number of unbranched alkanes of at least 4 members (excludes halogenated alkanes) is 4. The van der Waals surface area contributed by atoms with Crippen LogP contribution in [0, 0.1) is 0 Å². The van der Waals surface area contributed by atoms with E-state index in [1.807, 2.05) is 35.2 Å². The van der Waals surface area contributed by atoms with E-state index in [2.05, 4.69) is 17.0 Å². The maximum atomic E-state index is 13.4. The summed E-state index contributed by atoms with van der Waals surface area (Å²) in [4.78, 5) is 19.4. The van der Waals surface area contributed by atoms with Gasteiger partial charge in [-0.25, -0.2) is 13.4 Å². The predicted octanol–water partition coefficient (Wildman–Crippen LogP) is 2.83. The van der Waals surface area contributed by atoms with Crippen LogP contribution in [0.15, 0.2) is 58.9 Å². The molecule has 3 aromatic rings. The topological polar surface area (TPSA) is 103 Å². The number of hydrogen-bond acceptors (Lipinski definition) is 7. The largest absolute Gasteiger partial charge is 0.486 e. The standard InChI is InChI=1S/C25H34N6O4S/c1-3-4-5-6-10-17-35-24-22(18-27-31(25(24)32)21-11-8-7-9-12-21)29-13-15-30(16-14-29)36(33,34)23-19-28(2)20-26-23/h7-9,11-12,18-20H,3-6,10,13-17H2,1-2H3. The summed E-state index contributed by atoms with van der Waals surface area (Å²) in [6.07, 6.45) is 10.0. The average molecular weight is 515 g/mol. The fourth-order valence-electron chi connectivity index (χ4n) is 4.25. The average Bonchev–Trinajstić information content (AvgIpc) is 3.34. The third kappa shape index (κ3) is 5.79. The number of benzene rings is 1. The van der Waals surface area contributed by atoms with Crippen LogP contribution < -0.4 is 15.2 Å². The molecular formula is C25H34N6O4S. The number of sulfonamides is 1. The summed E-state index contributed by atoms with van der Waals surface area (Å²) in [5.74, 6) is 0.255. The summed E-state index contributed by atoms with van der Waals surface area (Å²) < 4.78 is 36.4. The Bertz CT molecular complexity index is 1300. The van der Waals surface area contributed by atoms with Crippen LogP contribution in [-0.2, 0) is 17.1 Å². The summed E-state index contributed by atoms with van der Waals surface area (Å²) in [5.41, 5.74) is 0.930. The molecule has 2 aromatic heterocycles. The van der Waals surface area contributed by atoms with Crippen LogP contribution in [0.3, 0.4) is 0 Å². The van der Waals surface area contributed by atoms with E-state index in [0.29, 0.717) is 31.1 Å². The molecule has 36 heavy (non-hydrogen) atoms. The first-order valence-electron chi connectivity index (χ1n) is 12.5. The smallest absolute Gasteiger partial charge is 0.316 e. The molecule has 0 aliphatic carbocycles. The van der Waals surface area contributed by atoms with Crippen LogP contribution >= 0.6 is 0 Å². The van der Waals surface area contributed by atoms with Gasteiger partial charge in [0.15, 0.2) is 5.03 Å². The quantitative estimate of drug-likeness (QED) is 0.363. The molecule has 0 radical (unpaired) electrons. The number of para-hydroxylation sites is 1. The third-order valence-electron chi connectivity index (χ3n) is 6.27. The molecule has 0 atom stereocenters. The fourth-order valence-corrected chi connectivity index (χ4v) is 5.64. The summed E-state index contributed by atoms with van der Waals surface area (Å²) in [5, 5.41) is 4.45. The van der Waals surface area contributed by atoms with Gasteiger partial charge in [-0.2, -0.15) is 14.1 Å². The number of hydrogen-bond donors (Lipinski definition) is 0. The maximum absolute atomic E-state index is 13.4. The van der Waals surface area contributed by atoms with Crippen molar-refractivity contribution in [2.24, 2.45) is 7.05 Å². The summed E-state index contributed by atoms with van der Waals surface area (Å²) >= 11 is 0. The van der Waals surface area contributed by atoms with Gasteiger partial charge in [0.1, 0.15) is 5.69 Å². The van der Waals surface area contributed by atoms with Gasteiger partial charge in [-0.05, 0) is 18.6 Å². The van der Waals surface area contributed by atoms with Crippen molar-refractivity contribution in [1.82, 2.24) is 23.6 Å². The van der Waals surface area contributed by atoms with E-state index in [4.69, 9.17) is 4.74 Å². The number of nitrogens with zero attached hydrogens (tertiary/aromatic N) is 6. The highest BCUT2D eigenvalue weighted by Gasteiger charge is 2.31. The molecule has 0 N–H and O–H groups in total. The van der Waals surface area contributed by atoms with Gasteiger partial charge in [0.2, 0.25) is 5.75 Å². The van der Waals surface area contributed by atoms with E-state index in [1.165, 1.54) is 34.4 Å². The number of rotatable bonds is 11. The molecule has 3 heterocycles. The lowest BCUT2D eigenvalue weighted by molar-refractivity contribution is 0.297. The Hall–Kier alpha value is -3.18. The van der Waals surface area contributed by atoms with Gasteiger partial charge in [-0.1, -0.05) is 50.8 Å². The Kier molecular flexibility index (Phi) is 8.42. The zero-order valence-electron chi connectivity index (χ0n) is 20.9. The molecule has 0 unspecified atom stereocenters. The second-order valence-corrected chi connectivity index (χ2v) is 10.8. The zero-order chi connectivity index (χ0) is 25.5. The van der Waals surface area contributed by atoms with Gasteiger partial charge in [-0.3, -0.25) is 4.79 Å². The predicted molar refractivity (Wildman–Crippen MR) is 138 cm³/mol. The lowest BCUT2D eigenvalue weighted by Gasteiger charge is -2.35.